The molecule has 2 aromatic rings. The number of unbranched alkanes of at least 4 members (excludes halogenated alkanes) is 1. The lowest BCUT2D eigenvalue weighted by atomic mass is 10.1. The van der Waals surface area contributed by atoms with E-state index in [9.17, 15) is 9.59 Å². The van der Waals surface area contributed by atoms with Crippen molar-refractivity contribution in [3.8, 4) is 11.5 Å². The van der Waals surface area contributed by atoms with Gasteiger partial charge in [-0.3, -0.25) is 9.59 Å². The number of carbonyl (C=O) groups excluding carboxylic acids is 2. The van der Waals surface area contributed by atoms with Crippen LogP contribution in [0.4, 0.5) is 5.69 Å². The van der Waals surface area contributed by atoms with Crippen molar-refractivity contribution in [2.75, 3.05) is 18.6 Å². The average Bonchev–Trinajstić information content (AvgIpc) is 3.10. The zero-order valence-corrected chi connectivity index (χ0v) is 19.8. The van der Waals surface area contributed by atoms with E-state index in [2.05, 4.69) is 17.1 Å². The molecule has 1 aliphatic heterocycles. The number of benzene rings is 2. The van der Waals surface area contributed by atoms with Crippen LogP contribution in [0.1, 0.15) is 38.7 Å². The van der Waals surface area contributed by atoms with E-state index in [0.717, 1.165) is 35.9 Å². The van der Waals surface area contributed by atoms with E-state index >= 15 is 0 Å². The fourth-order valence-electron chi connectivity index (χ4n) is 3.18. The molecule has 0 aromatic heterocycles. The van der Waals surface area contributed by atoms with Crippen molar-refractivity contribution in [2.45, 2.75) is 38.4 Å². The zero-order chi connectivity index (χ0) is 23.8. The summed E-state index contributed by atoms with van der Waals surface area (Å²) in [5, 5.41) is 7.65. The topological polar surface area (TPSA) is 107 Å². The molecule has 1 heterocycles. The molecular weight excluding hydrogens is 440 g/mol. The standard InChI is InChI=1S/C24H28N4O4S/c1-4-5-14-32-20-12-8-18(9-13-20)28-22(29)15-21(23(28)30)33-24(25)27-26-16(2)17-6-10-19(31-3)11-7-17/h6-13,21H,4-5,14-15H2,1-3H3,(H2,25,27)/b26-16-/t21-/m1/s1. The Morgan fingerprint density at radius 1 is 1.09 bits per heavy atom. The first-order valence-corrected chi connectivity index (χ1v) is 11.6. The lowest BCUT2D eigenvalue weighted by Crippen LogP contribution is -2.31. The van der Waals surface area contributed by atoms with Gasteiger partial charge >= 0.3 is 0 Å². The molecule has 8 nitrogen and oxygen atoms in total. The van der Waals surface area contributed by atoms with E-state index in [1.165, 1.54) is 4.90 Å². The molecule has 2 aromatic carbocycles. The van der Waals surface area contributed by atoms with Gasteiger partial charge in [0.15, 0.2) is 5.17 Å². The Bertz CT molecular complexity index is 1040. The summed E-state index contributed by atoms with van der Waals surface area (Å²) in [6.07, 6.45) is 2.07. The van der Waals surface area contributed by atoms with Gasteiger partial charge in [0.05, 0.1) is 25.1 Å². The zero-order valence-electron chi connectivity index (χ0n) is 19.0. The van der Waals surface area contributed by atoms with Crippen LogP contribution in [0, 0.1) is 0 Å². The molecule has 0 radical (unpaired) electrons. The van der Waals surface area contributed by atoms with Crippen LogP contribution in [0.25, 0.3) is 0 Å². The molecule has 0 bridgehead atoms. The number of amidine groups is 1. The van der Waals surface area contributed by atoms with Crippen molar-refractivity contribution < 1.29 is 19.1 Å². The van der Waals surface area contributed by atoms with E-state index in [1.807, 2.05) is 31.2 Å². The van der Waals surface area contributed by atoms with Gasteiger partial charge in [-0.05, 0) is 67.4 Å². The highest BCUT2D eigenvalue weighted by atomic mass is 32.2. The summed E-state index contributed by atoms with van der Waals surface area (Å²) < 4.78 is 10.8. The largest absolute Gasteiger partial charge is 0.497 e. The maximum absolute atomic E-state index is 12.9. The van der Waals surface area contributed by atoms with Gasteiger partial charge in [0.1, 0.15) is 16.7 Å². The Morgan fingerprint density at radius 3 is 2.39 bits per heavy atom. The molecule has 0 spiro atoms. The van der Waals surface area contributed by atoms with Crippen molar-refractivity contribution in [3.05, 3.63) is 54.1 Å². The van der Waals surface area contributed by atoms with Gasteiger partial charge < -0.3 is 15.2 Å². The Kier molecular flexibility index (Phi) is 8.48. The van der Waals surface area contributed by atoms with Crippen LogP contribution in [0.3, 0.4) is 0 Å². The molecule has 0 unspecified atom stereocenters. The van der Waals surface area contributed by atoms with Crippen molar-refractivity contribution >= 4 is 40.1 Å². The SMILES string of the molecule is CCCCOc1ccc(N2C(=O)C[C@@H](SC(N)=N/N=C(/C)c3ccc(OC)cc3)C2=O)cc1. The van der Waals surface area contributed by atoms with E-state index in [4.69, 9.17) is 15.2 Å². The minimum Gasteiger partial charge on any atom is -0.497 e. The molecule has 1 fully saturated rings. The number of imide groups is 1. The molecule has 2 N–H and O–H groups in total. The number of methoxy groups -OCH3 is 1. The Hall–Kier alpha value is -3.33. The molecule has 2 amide bonds. The second-order valence-corrected chi connectivity index (χ2v) is 8.65. The van der Waals surface area contributed by atoms with Gasteiger partial charge in [0.2, 0.25) is 11.8 Å². The molecular formula is C24H28N4O4S. The summed E-state index contributed by atoms with van der Waals surface area (Å²) >= 11 is 1.04. The number of nitrogens with zero attached hydrogens (tertiary/aromatic N) is 3. The fourth-order valence-corrected chi connectivity index (χ4v) is 3.99. The second kappa shape index (κ2) is 11.5. The molecule has 9 heteroatoms. The molecule has 3 rings (SSSR count). The Labute approximate surface area is 197 Å². The van der Waals surface area contributed by atoms with Crippen LogP contribution in [0.2, 0.25) is 0 Å². The van der Waals surface area contributed by atoms with E-state index in [1.54, 1.807) is 31.4 Å². The number of rotatable bonds is 9. The summed E-state index contributed by atoms with van der Waals surface area (Å²) in [5.74, 6) is 0.859. The minimum absolute atomic E-state index is 0.0512. The van der Waals surface area contributed by atoms with Gasteiger partial charge in [0.25, 0.3) is 0 Å². The normalized spacial score (nSPS) is 16.9. The average molecular weight is 469 g/mol. The minimum atomic E-state index is -0.641. The Morgan fingerprint density at radius 2 is 1.76 bits per heavy atom. The smallest absolute Gasteiger partial charge is 0.247 e. The first kappa shape index (κ1) is 24.3. The molecule has 174 valence electrons. The lowest BCUT2D eigenvalue weighted by molar-refractivity contribution is -0.121. The number of amides is 2. The van der Waals surface area contributed by atoms with Crippen LogP contribution in [-0.2, 0) is 9.59 Å². The predicted molar refractivity (Wildman–Crippen MR) is 132 cm³/mol. The van der Waals surface area contributed by atoms with Crippen LogP contribution < -0.4 is 20.1 Å². The van der Waals surface area contributed by atoms with E-state index in [-0.39, 0.29) is 23.4 Å². The number of ether oxygens (including phenoxy) is 2. The third kappa shape index (κ3) is 6.35. The molecule has 1 atom stereocenters. The van der Waals surface area contributed by atoms with Gasteiger partial charge in [-0.15, -0.1) is 5.10 Å². The summed E-state index contributed by atoms with van der Waals surface area (Å²) in [4.78, 5) is 26.6. The van der Waals surface area contributed by atoms with Crippen LogP contribution in [-0.4, -0.2) is 41.7 Å². The number of thioether (sulfide) groups is 1. The van der Waals surface area contributed by atoms with Crippen LogP contribution in [0.15, 0.2) is 58.7 Å². The summed E-state index contributed by atoms with van der Waals surface area (Å²) in [7, 11) is 1.60. The quantitative estimate of drug-likeness (QED) is 0.196. The van der Waals surface area contributed by atoms with Crippen LogP contribution >= 0.6 is 11.8 Å². The maximum Gasteiger partial charge on any atom is 0.247 e. The molecule has 33 heavy (non-hydrogen) atoms. The first-order valence-electron chi connectivity index (χ1n) is 10.7. The van der Waals surface area contributed by atoms with Crippen molar-refractivity contribution in [1.82, 2.24) is 0 Å². The summed E-state index contributed by atoms with van der Waals surface area (Å²) in [6, 6.07) is 14.3. The third-order valence-electron chi connectivity index (χ3n) is 5.04. The van der Waals surface area contributed by atoms with Crippen molar-refractivity contribution in [1.29, 1.82) is 0 Å². The van der Waals surface area contributed by atoms with Crippen LogP contribution in [0.5, 0.6) is 11.5 Å². The lowest BCUT2D eigenvalue weighted by Gasteiger charge is -2.15. The first-order chi connectivity index (χ1) is 15.9. The molecule has 0 saturated carbocycles. The highest BCUT2D eigenvalue weighted by molar-refractivity contribution is 8.14. The van der Waals surface area contributed by atoms with Gasteiger partial charge in [-0.2, -0.15) is 5.10 Å². The van der Waals surface area contributed by atoms with E-state index in [0.29, 0.717) is 23.8 Å². The predicted octanol–water partition coefficient (Wildman–Crippen LogP) is 3.98. The monoisotopic (exact) mass is 468 g/mol. The molecule has 0 aliphatic carbocycles. The Balaban J connectivity index is 1.62. The third-order valence-corrected chi connectivity index (χ3v) is 6.01. The second-order valence-electron chi connectivity index (χ2n) is 7.43. The number of hydrogen-bond acceptors (Lipinski definition) is 7. The van der Waals surface area contributed by atoms with E-state index < -0.39 is 5.25 Å². The fraction of sp³-hybridized carbons (Fsp3) is 0.333. The van der Waals surface area contributed by atoms with Gasteiger partial charge in [-0.25, -0.2) is 4.90 Å². The number of hydrogen-bond donors (Lipinski definition) is 1. The maximum atomic E-state index is 12.9. The highest BCUT2D eigenvalue weighted by Gasteiger charge is 2.40. The van der Waals surface area contributed by atoms with Gasteiger partial charge in [-0.1, -0.05) is 25.1 Å². The van der Waals surface area contributed by atoms with Crippen molar-refractivity contribution in [3.63, 3.8) is 0 Å². The number of carbonyl (C=O) groups is 2. The summed E-state index contributed by atoms with van der Waals surface area (Å²) in [6.45, 7) is 4.54. The van der Waals surface area contributed by atoms with Crippen molar-refractivity contribution in [2.24, 2.45) is 15.9 Å². The highest BCUT2D eigenvalue weighted by Crippen LogP contribution is 2.30. The summed E-state index contributed by atoms with van der Waals surface area (Å²) in [5.41, 5.74) is 8.03. The molecule has 1 aliphatic rings. The molecule has 1 saturated heterocycles. The van der Waals surface area contributed by atoms with Gasteiger partial charge in [0, 0.05) is 6.42 Å². The number of nitrogens with two attached hydrogens (primary N) is 1. The number of anilines is 1.